The lowest BCUT2D eigenvalue weighted by molar-refractivity contribution is 0.0661. The highest BCUT2D eigenvalue weighted by molar-refractivity contribution is 5.23. The Hall–Kier alpha value is -0.940. The summed E-state index contributed by atoms with van der Waals surface area (Å²) in [6.07, 6.45) is 2.33. The zero-order chi connectivity index (χ0) is 17.8. The van der Waals surface area contributed by atoms with Gasteiger partial charge in [-0.1, -0.05) is 29.8 Å². The Labute approximate surface area is 153 Å². The number of aryl methyl sites for hydroxylation is 1. The Balaban J connectivity index is 1.39. The van der Waals surface area contributed by atoms with E-state index in [2.05, 4.69) is 59.7 Å². The van der Waals surface area contributed by atoms with E-state index >= 15 is 0 Å². The molecule has 0 saturated carbocycles. The van der Waals surface area contributed by atoms with Gasteiger partial charge in [-0.3, -0.25) is 14.7 Å². The largest absolute Gasteiger partial charge is 0.387 e. The minimum atomic E-state index is -0.376. The molecule has 25 heavy (non-hydrogen) atoms. The Morgan fingerprint density at radius 1 is 0.920 bits per heavy atom. The molecule has 0 bridgehead atoms. The summed E-state index contributed by atoms with van der Waals surface area (Å²) >= 11 is 0. The SMILES string of the molecule is Cc1ccc(C(O)CN2CCN(CCN3C(C)CCC3C)CC2)cc1. The molecule has 2 fully saturated rings. The van der Waals surface area contributed by atoms with Gasteiger partial charge in [-0.2, -0.15) is 0 Å². The molecule has 2 aliphatic heterocycles. The standard InChI is InChI=1S/C21H35N3O/c1-17-4-8-20(9-5-17)21(25)16-23-12-10-22(11-13-23)14-15-24-18(2)6-7-19(24)3/h4-5,8-9,18-19,21,25H,6-7,10-16H2,1-3H3. The lowest BCUT2D eigenvalue weighted by Gasteiger charge is -2.37. The van der Waals surface area contributed by atoms with Crippen molar-refractivity contribution in [2.24, 2.45) is 0 Å². The van der Waals surface area contributed by atoms with Crippen LogP contribution in [0.4, 0.5) is 0 Å². The fourth-order valence-corrected chi connectivity index (χ4v) is 4.28. The van der Waals surface area contributed by atoms with Crippen LogP contribution in [-0.4, -0.2) is 77.7 Å². The van der Waals surface area contributed by atoms with Crippen LogP contribution in [0.15, 0.2) is 24.3 Å². The summed E-state index contributed by atoms with van der Waals surface area (Å²) in [5.41, 5.74) is 2.27. The van der Waals surface area contributed by atoms with E-state index in [0.29, 0.717) is 0 Å². The highest BCUT2D eigenvalue weighted by Crippen LogP contribution is 2.23. The van der Waals surface area contributed by atoms with Crippen molar-refractivity contribution in [2.75, 3.05) is 45.8 Å². The van der Waals surface area contributed by atoms with Crippen LogP contribution in [0.3, 0.4) is 0 Å². The summed E-state index contributed by atoms with van der Waals surface area (Å²) in [6.45, 7) is 14.3. The number of likely N-dealkylation sites (tertiary alicyclic amines) is 1. The molecule has 0 aliphatic carbocycles. The zero-order valence-corrected chi connectivity index (χ0v) is 16.2. The van der Waals surface area contributed by atoms with Gasteiger partial charge in [-0.25, -0.2) is 0 Å². The summed E-state index contributed by atoms with van der Waals surface area (Å²) in [5.74, 6) is 0. The van der Waals surface area contributed by atoms with E-state index in [1.54, 1.807) is 0 Å². The second-order valence-electron chi connectivity index (χ2n) is 8.08. The molecule has 0 aromatic heterocycles. The molecule has 2 aliphatic rings. The molecule has 0 amide bonds. The number of hydrogen-bond acceptors (Lipinski definition) is 4. The molecule has 1 N–H and O–H groups in total. The van der Waals surface area contributed by atoms with Gasteiger partial charge in [0.1, 0.15) is 0 Å². The Morgan fingerprint density at radius 2 is 1.48 bits per heavy atom. The van der Waals surface area contributed by atoms with E-state index in [4.69, 9.17) is 0 Å². The van der Waals surface area contributed by atoms with Crippen LogP contribution in [-0.2, 0) is 0 Å². The number of aliphatic hydroxyl groups is 1. The third-order valence-electron chi connectivity index (χ3n) is 6.17. The predicted octanol–water partition coefficient (Wildman–Crippen LogP) is 2.52. The molecule has 140 valence electrons. The maximum atomic E-state index is 10.5. The van der Waals surface area contributed by atoms with E-state index in [1.165, 1.54) is 31.5 Å². The van der Waals surface area contributed by atoms with Crippen molar-refractivity contribution >= 4 is 0 Å². The fourth-order valence-electron chi connectivity index (χ4n) is 4.28. The smallest absolute Gasteiger partial charge is 0.0916 e. The highest BCUT2D eigenvalue weighted by Gasteiger charge is 2.27. The molecular weight excluding hydrogens is 310 g/mol. The van der Waals surface area contributed by atoms with Crippen molar-refractivity contribution < 1.29 is 5.11 Å². The van der Waals surface area contributed by atoms with Crippen LogP contribution >= 0.6 is 0 Å². The van der Waals surface area contributed by atoms with Gasteiger partial charge in [0.15, 0.2) is 0 Å². The molecular formula is C21H35N3O. The first-order chi connectivity index (χ1) is 12.0. The van der Waals surface area contributed by atoms with Crippen molar-refractivity contribution in [2.45, 2.75) is 51.8 Å². The number of nitrogens with zero attached hydrogens (tertiary/aromatic N) is 3. The van der Waals surface area contributed by atoms with Crippen LogP contribution in [0.5, 0.6) is 0 Å². The Kier molecular flexibility index (Phi) is 6.50. The van der Waals surface area contributed by atoms with Gasteiger partial charge in [-0.15, -0.1) is 0 Å². The monoisotopic (exact) mass is 345 g/mol. The topological polar surface area (TPSA) is 30.0 Å². The summed E-state index contributed by atoms with van der Waals surface area (Å²) in [4.78, 5) is 7.67. The normalized spacial score (nSPS) is 27.7. The Morgan fingerprint density at radius 3 is 2.08 bits per heavy atom. The predicted molar refractivity (Wildman–Crippen MR) is 104 cm³/mol. The van der Waals surface area contributed by atoms with Crippen LogP contribution < -0.4 is 0 Å². The van der Waals surface area contributed by atoms with Gasteiger partial charge >= 0.3 is 0 Å². The molecule has 3 unspecified atom stereocenters. The van der Waals surface area contributed by atoms with E-state index in [9.17, 15) is 5.11 Å². The second kappa shape index (κ2) is 8.63. The third-order valence-corrected chi connectivity index (χ3v) is 6.17. The first kappa shape index (κ1) is 18.8. The highest BCUT2D eigenvalue weighted by atomic mass is 16.3. The molecule has 2 heterocycles. The van der Waals surface area contributed by atoms with Gasteiger partial charge in [-0.05, 0) is 39.2 Å². The Bertz CT molecular complexity index is 514. The first-order valence-corrected chi connectivity index (χ1v) is 9.98. The van der Waals surface area contributed by atoms with E-state index in [-0.39, 0.29) is 6.10 Å². The molecule has 3 atom stereocenters. The maximum absolute atomic E-state index is 10.5. The lowest BCUT2D eigenvalue weighted by Crippen LogP contribution is -2.50. The zero-order valence-electron chi connectivity index (χ0n) is 16.2. The fraction of sp³-hybridized carbons (Fsp3) is 0.714. The number of hydrogen-bond donors (Lipinski definition) is 1. The summed E-state index contributed by atoms with van der Waals surface area (Å²) in [7, 11) is 0. The summed E-state index contributed by atoms with van der Waals surface area (Å²) in [5, 5.41) is 10.5. The van der Waals surface area contributed by atoms with Gasteiger partial charge < -0.3 is 5.11 Å². The minimum absolute atomic E-state index is 0.376. The van der Waals surface area contributed by atoms with Crippen LogP contribution in [0, 0.1) is 6.92 Å². The number of β-amino-alcohol motifs (C(OH)–C–C–N with tert-alkyl or cyclic N) is 1. The average Bonchev–Trinajstić information content (AvgIpc) is 2.93. The number of rotatable bonds is 6. The maximum Gasteiger partial charge on any atom is 0.0916 e. The second-order valence-corrected chi connectivity index (χ2v) is 8.08. The molecule has 3 rings (SSSR count). The lowest BCUT2D eigenvalue weighted by atomic mass is 10.1. The van der Waals surface area contributed by atoms with Gasteiger partial charge in [0.2, 0.25) is 0 Å². The van der Waals surface area contributed by atoms with Crippen molar-refractivity contribution in [3.63, 3.8) is 0 Å². The van der Waals surface area contributed by atoms with E-state index < -0.39 is 0 Å². The third kappa shape index (κ3) is 5.04. The van der Waals surface area contributed by atoms with Crippen molar-refractivity contribution in [1.29, 1.82) is 0 Å². The molecule has 1 aromatic carbocycles. The van der Waals surface area contributed by atoms with Crippen LogP contribution in [0.1, 0.15) is 43.9 Å². The van der Waals surface area contributed by atoms with E-state index in [0.717, 1.165) is 50.4 Å². The first-order valence-electron chi connectivity index (χ1n) is 9.98. The van der Waals surface area contributed by atoms with Crippen molar-refractivity contribution in [1.82, 2.24) is 14.7 Å². The van der Waals surface area contributed by atoms with Crippen molar-refractivity contribution in [3.8, 4) is 0 Å². The summed E-state index contributed by atoms with van der Waals surface area (Å²) < 4.78 is 0. The molecule has 1 aromatic rings. The van der Waals surface area contributed by atoms with E-state index in [1.807, 2.05) is 0 Å². The number of aliphatic hydroxyl groups excluding tert-OH is 1. The number of piperazine rings is 1. The van der Waals surface area contributed by atoms with Gasteiger partial charge in [0.25, 0.3) is 0 Å². The number of benzene rings is 1. The molecule has 0 spiro atoms. The molecule has 2 saturated heterocycles. The quantitative estimate of drug-likeness (QED) is 0.858. The van der Waals surface area contributed by atoms with Crippen molar-refractivity contribution in [3.05, 3.63) is 35.4 Å². The minimum Gasteiger partial charge on any atom is -0.387 e. The summed E-state index contributed by atoms with van der Waals surface area (Å²) in [6, 6.07) is 9.76. The molecule has 4 nitrogen and oxygen atoms in total. The van der Waals surface area contributed by atoms with Gasteiger partial charge in [0, 0.05) is 57.9 Å². The van der Waals surface area contributed by atoms with Crippen LogP contribution in [0.2, 0.25) is 0 Å². The van der Waals surface area contributed by atoms with Crippen LogP contribution in [0.25, 0.3) is 0 Å². The van der Waals surface area contributed by atoms with Gasteiger partial charge in [0.05, 0.1) is 6.10 Å². The molecule has 4 heteroatoms. The average molecular weight is 346 g/mol. The molecule has 0 radical (unpaired) electrons.